The van der Waals surface area contributed by atoms with Crippen LogP contribution in [0.3, 0.4) is 0 Å². The van der Waals surface area contributed by atoms with Gasteiger partial charge < -0.3 is 4.57 Å². The van der Waals surface area contributed by atoms with E-state index in [1.54, 1.807) is 0 Å². The van der Waals surface area contributed by atoms with E-state index in [2.05, 4.69) is 108 Å². The zero-order valence-electron chi connectivity index (χ0n) is 26.4. The Labute approximate surface area is 279 Å². The molecule has 0 spiro atoms. The van der Waals surface area contributed by atoms with Crippen LogP contribution in [0.2, 0.25) is 0 Å². The van der Waals surface area contributed by atoms with Crippen LogP contribution in [0, 0.1) is 6.92 Å². The third kappa shape index (κ3) is 4.43. The number of para-hydroxylation sites is 3. The van der Waals surface area contributed by atoms with E-state index in [9.17, 15) is 4.57 Å². The number of pyridine rings is 1. The highest BCUT2D eigenvalue weighted by atomic mass is 31.2. The number of aryl methyl sites for hydroxylation is 1. The lowest BCUT2D eigenvalue weighted by atomic mass is 9.93. The Balaban J connectivity index is 1.17. The van der Waals surface area contributed by atoms with Gasteiger partial charge in [-0.2, -0.15) is 0 Å². The smallest absolute Gasteiger partial charge is 0.171 e. The summed E-state index contributed by atoms with van der Waals surface area (Å²) in [5.74, 6) is 0. The quantitative estimate of drug-likeness (QED) is 0.140. The molecule has 0 radical (unpaired) electrons. The number of hydrogen-bond acceptors (Lipinski definition) is 2. The van der Waals surface area contributed by atoms with Crippen LogP contribution in [-0.4, -0.2) is 9.38 Å². The second-order valence-corrected chi connectivity index (χ2v) is 15.2. The first-order chi connectivity index (χ1) is 23.6. The molecule has 0 fully saturated rings. The van der Waals surface area contributed by atoms with Gasteiger partial charge >= 0.3 is 0 Å². The monoisotopic (exact) mass is 634 g/mol. The van der Waals surface area contributed by atoms with Gasteiger partial charge in [0.2, 0.25) is 0 Å². The standard InChI is InChI=1S/C44H31N2OP/c1-30-27-39-37-19-8-10-21-42(37)46-43-22-11-9-20-41(43)45-44(46)40(39)29-38(30)33-14-12-13-32(28-33)31-23-25-36(26-24-31)48(47,34-15-4-2-5-16-34)35-17-6-3-7-18-35/h2-29H,1H3. The molecule has 0 aliphatic carbocycles. The molecule has 7 aromatic carbocycles. The van der Waals surface area contributed by atoms with Crippen LogP contribution in [0.25, 0.3) is 60.6 Å². The molecule has 3 nitrogen and oxygen atoms in total. The molecular formula is C44H31N2OP. The van der Waals surface area contributed by atoms with Crippen molar-refractivity contribution >= 4 is 61.4 Å². The highest BCUT2D eigenvalue weighted by molar-refractivity contribution is 7.85. The summed E-state index contributed by atoms with van der Waals surface area (Å²) in [4.78, 5) is 5.13. The maximum absolute atomic E-state index is 14.9. The predicted octanol–water partition coefficient (Wildman–Crippen LogP) is 10.1. The molecule has 0 atom stereocenters. The summed E-state index contributed by atoms with van der Waals surface area (Å²) in [6, 6.07) is 58.3. The number of aromatic nitrogens is 2. The average Bonchev–Trinajstić information content (AvgIpc) is 3.55. The molecule has 0 bridgehead atoms. The highest BCUT2D eigenvalue weighted by Crippen LogP contribution is 2.43. The van der Waals surface area contributed by atoms with Gasteiger partial charge in [-0.3, -0.25) is 4.40 Å². The molecule has 228 valence electrons. The third-order valence-electron chi connectivity index (χ3n) is 9.58. The Hall–Kier alpha value is -5.76. The first-order valence-corrected chi connectivity index (χ1v) is 18.0. The van der Waals surface area contributed by atoms with Gasteiger partial charge in [-0.05, 0) is 70.5 Å². The van der Waals surface area contributed by atoms with Crippen LogP contribution in [0.15, 0.2) is 170 Å². The van der Waals surface area contributed by atoms with E-state index in [1.807, 2.05) is 72.8 Å². The Morgan fingerprint density at radius 3 is 1.81 bits per heavy atom. The van der Waals surface area contributed by atoms with Crippen molar-refractivity contribution in [2.45, 2.75) is 6.92 Å². The summed E-state index contributed by atoms with van der Waals surface area (Å²) in [5, 5.41) is 6.07. The number of nitrogens with zero attached hydrogens (tertiary/aromatic N) is 2. The van der Waals surface area contributed by atoms with Gasteiger partial charge in [0.25, 0.3) is 0 Å². The van der Waals surface area contributed by atoms with Gasteiger partial charge in [-0.25, -0.2) is 4.98 Å². The zero-order valence-corrected chi connectivity index (χ0v) is 27.3. The lowest BCUT2D eigenvalue weighted by molar-refractivity contribution is 0.592. The minimum Gasteiger partial charge on any atom is -0.309 e. The van der Waals surface area contributed by atoms with E-state index in [0.29, 0.717) is 0 Å². The molecule has 2 aromatic heterocycles. The normalized spacial score (nSPS) is 11.9. The van der Waals surface area contributed by atoms with E-state index < -0.39 is 7.14 Å². The fourth-order valence-corrected chi connectivity index (χ4v) is 9.87. The minimum absolute atomic E-state index is 0.827. The second kappa shape index (κ2) is 11.2. The third-order valence-corrected chi connectivity index (χ3v) is 12.7. The lowest BCUT2D eigenvalue weighted by Gasteiger charge is -2.20. The van der Waals surface area contributed by atoms with Crippen LogP contribution in [0.5, 0.6) is 0 Å². The maximum atomic E-state index is 14.9. The summed E-state index contributed by atoms with van der Waals surface area (Å²) < 4.78 is 17.2. The van der Waals surface area contributed by atoms with Crippen LogP contribution in [-0.2, 0) is 4.57 Å². The number of fused-ring (bicyclic) bond motifs is 8. The van der Waals surface area contributed by atoms with Crippen molar-refractivity contribution < 1.29 is 4.57 Å². The van der Waals surface area contributed by atoms with Gasteiger partial charge in [0.05, 0.1) is 16.6 Å². The predicted molar refractivity (Wildman–Crippen MR) is 203 cm³/mol. The lowest BCUT2D eigenvalue weighted by Crippen LogP contribution is -2.24. The summed E-state index contributed by atoms with van der Waals surface area (Å²) in [6.45, 7) is 2.20. The maximum Gasteiger partial charge on any atom is 0.171 e. The van der Waals surface area contributed by atoms with E-state index >= 15 is 0 Å². The van der Waals surface area contributed by atoms with Crippen LogP contribution in [0.1, 0.15) is 5.56 Å². The molecule has 2 heterocycles. The van der Waals surface area contributed by atoms with Crippen molar-refractivity contribution in [2.24, 2.45) is 0 Å². The fraction of sp³-hybridized carbons (Fsp3) is 0.0227. The second-order valence-electron chi connectivity index (χ2n) is 12.4. The van der Waals surface area contributed by atoms with Crippen molar-refractivity contribution in [1.82, 2.24) is 9.38 Å². The van der Waals surface area contributed by atoms with Crippen LogP contribution in [0.4, 0.5) is 0 Å². The molecular weight excluding hydrogens is 603 g/mol. The SMILES string of the molecule is Cc1cc2c3ccccc3n3c4ccccc4nc3c2cc1-c1cccc(-c2ccc(P(=O)(c3ccccc3)c3ccccc3)cc2)c1. The van der Waals surface area contributed by atoms with E-state index in [0.717, 1.165) is 60.2 Å². The summed E-state index contributed by atoms with van der Waals surface area (Å²) >= 11 is 0. The Kier molecular flexibility index (Phi) is 6.64. The molecule has 0 saturated carbocycles. The van der Waals surface area contributed by atoms with Crippen molar-refractivity contribution in [3.63, 3.8) is 0 Å². The Bertz CT molecular complexity index is 2650. The van der Waals surface area contributed by atoms with Crippen molar-refractivity contribution in [3.05, 3.63) is 175 Å². The van der Waals surface area contributed by atoms with Gasteiger partial charge in [0, 0.05) is 26.7 Å². The van der Waals surface area contributed by atoms with E-state index in [-0.39, 0.29) is 0 Å². The van der Waals surface area contributed by atoms with Gasteiger partial charge in [0.1, 0.15) is 5.65 Å². The van der Waals surface area contributed by atoms with Crippen molar-refractivity contribution in [2.75, 3.05) is 0 Å². The Morgan fingerprint density at radius 2 is 1.08 bits per heavy atom. The summed E-state index contributed by atoms with van der Waals surface area (Å²) in [5.41, 5.74) is 9.99. The minimum atomic E-state index is -3.03. The zero-order chi connectivity index (χ0) is 32.2. The molecule has 48 heavy (non-hydrogen) atoms. The number of benzene rings is 7. The van der Waals surface area contributed by atoms with Gasteiger partial charge in [-0.1, -0.05) is 140 Å². The molecule has 0 aliphatic heterocycles. The molecule has 0 unspecified atom stereocenters. The van der Waals surface area contributed by atoms with Crippen molar-refractivity contribution in [3.8, 4) is 22.3 Å². The van der Waals surface area contributed by atoms with E-state index in [4.69, 9.17) is 4.98 Å². The molecule has 9 aromatic rings. The van der Waals surface area contributed by atoms with Crippen molar-refractivity contribution in [1.29, 1.82) is 0 Å². The Morgan fingerprint density at radius 1 is 0.479 bits per heavy atom. The van der Waals surface area contributed by atoms with Gasteiger partial charge in [-0.15, -0.1) is 0 Å². The number of rotatable bonds is 5. The number of imidazole rings is 1. The molecule has 0 aliphatic rings. The molecule has 0 N–H and O–H groups in total. The molecule has 9 rings (SSSR count). The topological polar surface area (TPSA) is 34.4 Å². The number of hydrogen-bond donors (Lipinski definition) is 0. The average molecular weight is 635 g/mol. The summed E-state index contributed by atoms with van der Waals surface area (Å²) in [7, 11) is -3.03. The first-order valence-electron chi connectivity index (χ1n) is 16.2. The first kappa shape index (κ1) is 28.5. The largest absolute Gasteiger partial charge is 0.309 e. The molecule has 4 heteroatoms. The molecule has 0 saturated heterocycles. The van der Waals surface area contributed by atoms with Crippen LogP contribution < -0.4 is 15.9 Å². The highest BCUT2D eigenvalue weighted by Gasteiger charge is 2.29. The summed E-state index contributed by atoms with van der Waals surface area (Å²) in [6.07, 6.45) is 0. The van der Waals surface area contributed by atoms with Crippen LogP contribution >= 0.6 is 7.14 Å². The van der Waals surface area contributed by atoms with Gasteiger partial charge in [0.15, 0.2) is 7.14 Å². The molecule has 0 amide bonds. The fourth-order valence-electron chi connectivity index (χ4n) is 7.23. The van der Waals surface area contributed by atoms with E-state index in [1.165, 1.54) is 21.9 Å².